The number of aliphatic imine (C=N–C) groups is 1. The molecule has 0 spiro atoms. The van der Waals surface area contributed by atoms with E-state index in [1.807, 2.05) is 18.2 Å². The summed E-state index contributed by atoms with van der Waals surface area (Å²) in [6.07, 6.45) is 3.33. The van der Waals surface area contributed by atoms with E-state index in [-0.39, 0.29) is 11.9 Å². The first-order valence-electron chi connectivity index (χ1n) is 8.73. The fourth-order valence-corrected chi connectivity index (χ4v) is 3.33. The van der Waals surface area contributed by atoms with Gasteiger partial charge in [0.15, 0.2) is 5.96 Å². The lowest BCUT2D eigenvalue weighted by Crippen LogP contribution is -2.45. The van der Waals surface area contributed by atoms with Crippen molar-refractivity contribution in [1.82, 2.24) is 15.6 Å². The highest BCUT2D eigenvalue weighted by atomic mass is 35.5. The second-order valence-corrected chi connectivity index (χ2v) is 6.63. The molecule has 3 rings (SSSR count). The molecule has 0 amide bonds. The predicted octanol–water partition coefficient (Wildman–Crippen LogP) is 2.86. The van der Waals surface area contributed by atoms with Crippen LogP contribution in [0.5, 0.6) is 0 Å². The molecular formula is C19H23ClFN5. The van der Waals surface area contributed by atoms with Gasteiger partial charge in [-0.2, -0.15) is 0 Å². The number of pyridine rings is 1. The Morgan fingerprint density at radius 2 is 2.19 bits per heavy atom. The van der Waals surface area contributed by atoms with Gasteiger partial charge < -0.3 is 15.5 Å². The third kappa shape index (κ3) is 4.64. The lowest BCUT2D eigenvalue weighted by molar-refractivity contribution is 0.604. The van der Waals surface area contributed by atoms with Gasteiger partial charge in [0.25, 0.3) is 0 Å². The Morgan fingerprint density at radius 1 is 1.35 bits per heavy atom. The number of nitrogens with zero attached hydrogens (tertiary/aromatic N) is 3. The SMILES string of the molecule is CN=C(NCCc1ccccc1F)NC1CCN(c2ncccc2Cl)C1. The normalized spacial score (nSPS) is 17.4. The Morgan fingerprint density at radius 3 is 2.96 bits per heavy atom. The van der Waals surface area contributed by atoms with Gasteiger partial charge in [0.1, 0.15) is 11.6 Å². The van der Waals surface area contributed by atoms with E-state index in [0.717, 1.165) is 31.3 Å². The van der Waals surface area contributed by atoms with Crippen LogP contribution in [0.2, 0.25) is 5.02 Å². The molecule has 1 aromatic heterocycles. The summed E-state index contributed by atoms with van der Waals surface area (Å²) in [6.45, 7) is 2.31. The van der Waals surface area contributed by atoms with Crippen LogP contribution in [0.3, 0.4) is 0 Å². The Balaban J connectivity index is 1.48. The number of guanidine groups is 1. The minimum Gasteiger partial charge on any atom is -0.356 e. The molecule has 1 unspecified atom stereocenters. The third-order valence-electron chi connectivity index (χ3n) is 4.44. The van der Waals surface area contributed by atoms with E-state index in [1.165, 1.54) is 6.07 Å². The van der Waals surface area contributed by atoms with E-state index < -0.39 is 0 Å². The summed E-state index contributed by atoms with van der Waals surface area (Å²) in [6, 6.07) is 10.8. The largest absolute Gasteiger partial charge is 0.356 e. The van der Waals surface area contributed by atoms with Crippen LogP contribution in [0.4, 0.5) is 10.2 Å². The van der Waals surface area contributed by atoms with Gasteiger partial charge >= 0.3 is 0 Å². The maximum absolute atomic E-state index is 13.7. The monoisotopic (exact) mass is 375 g/mol. The molecule has 1 aliphatic rings. The number of hydrogen-bond donors (Lipinski definition) is 2. The van der Waals surface area contributed by atoms with Crippen molar-refractivity contribution in [3.8, 4) is 0 Å². The number of benzene rings is 1. The van der Waals surface area contributed by atoms with Gasteiger partial charge in [0, 0.05) is 38.9 Å². The zero-order valence-corrected chi connectivity index (χ0v) is 15.5. The van der Waals surface area contributed by atoms with Crippen LogP contribution in [-0.2, 0) is 6.42 Å². The molecule has 2 N–H and O–H groups in total. The zero-order valence-electron chi connectivity index (χ0n) is 14.8. The second-order valence-electron chi connectivity index (χ2n) is 6.23. The van der Waals surface area contributed by atoms with Gasteiger partial charge in [0.2, 0.25) is 0 Å². The molecule has 1 atom stereocenters. The van der Waals surface area contributed by atoms with Crippen LogP contribution in [-0.4, -0.2) is 43.7 Å². The van der Waals surface area contributed by atoms with Crippen molar-refractivity contribution in [3.05, 3.63) is 59.0 Å². The summed E-state index contributed by atoms with van der Waals surface area (Å²) in [7, 11) is 1.74. The topological polar surface area (TPSA) is 52.6 Å². The number of anilines is 1. The Labute approximate surface area is 158 Å². The van der Waals surface area contributed by atoms with E-state index in [9.17, 15) is 4.39 Å². The van der Waals surface area contributed by atoms with Crippen molar-refractivity contribution in [2.45, 2.75) is 18.9 Å². The van der Waals surface area contributed by atoms with E-state index in [1.54, 1.807) is 25.4 Å². The molecule has 26 heavy (non-hydrogen) atoms. The van der Waals surface area contributed by atoms with E-state index in [2.05, 4.69) is 25.5 Å². The van der Waals surface area contributed by atoms with Crippen LogP contribution < -0.4 is 15.5 Å². The second kappa shape index (κ2) is 8.85. The highest BCUT2D eigenvalue weighted by molar-refractivity contribution is 6.32. The molecule has 0 radical (unpaired) electrons. The fraction of sp³-hybridized carbons (Fsp3) is 0.368. The lowest BCUT2D eigenvalue weighted by Gasteiger charge is -2.20. The molecular weight excluding hydrogens is 353 g/mol. The molecule has 1 aliphatic heterocycles. The van der Waals surface area contributed by atoms with Gasteiger partial charge in [-0.15, -0.1) is 0 Å². The van der Waals surface area contributed by atoms with Crippen LogP contribution >= 0.6 is 11.6 Å². The van der Waals surface area contributed by atoms with Crippen molar-refractivity contribution in [3.63, 3.8) is 0 Å². The summed E-state index contributed by atoms with van der Waals surface area (Å²) in [5, 5.41) is 7.34. The average Bonchev–Trinajstić information content (AvgIpc) is 3.11. The summed E-state index contributed by atoms with van der Waals surface area (Å²) < 4.78 is 13.7. The molecule has 1 fully saturated rings. The molecule has 0 saturated carbocycles. The summed E-state index contributed by atoms with van der Waals surface area (Å²) in [5.41, 5.74) is 0.701. The van der Waals surface area contributed by atoms with E-state index in [0.29, 0.717) is 23.6 Å². The number of rotatable bonds is 5. The minimum atomic E-state index is -0.170. The number of nitrogens with one attached hydrogen (secondary N) is 2. The Hall–Kier alpha value is -2.34. The maximum Gasteiger partial charge on any atom is 0.191 e. The summed E-state index contributed by atoms with van der Waals surface area (Å²) in [4.78, 5) is 10.8. The molecule has 0 aliphatic carbocycles. The van der Waals surface area contributed by atoms with Crippen molar-refractivity contribution in [1.29, 1.82) is 0 Å². The quantitative estimate of drug-likeness (QED) is 0.623. The van der Waals surface area contributed by atoms with Crippen LogP contribution in [0.1, 0.15) is 12.0 Å². The zero-order chi connectivity index (χ0) is 18.4. The molecule has 1 saturated heterocycles. The standard InChI is InChI=1S/C19H23ClFN5/c1-22-19(24-11-8-14-5-2-3-7-17(14)21)25-15-9-12-26(13-15)18-16(20)6-4-10-23-18/h2-7,10,15H,8-9,11-13H2,1H3,(H2,22,24,25). The Kier molecular flexibility index (Phi) is 6.28. The predicted molar refractivity (Wildman–Crippen MR) is 104 cm³/mol. The third-order valence-corrected chi connectivity index (χ3v) is 4.73. The minimum absolute atomic E-state index is 0.170. The first kappa shape index (κ1) is 18.5. The fourth-order valence-electron chi connectivity index (χ4n) is 3.09. The molecule has 138 valence electrons. The van der Waals surface area contributed by atoms with Crippen LogP contribution in [0.25, 0.3) is 0 Å². The number of aromatic nitrogens is 1. The molecule has 2 aromatic rings. The van der Waals surface area contributed by atoms with Gasteiger partial charge in [-0.1, -0.05) is 29.8 Å². The smallest absolute Gasteiger partial charge is 0.191 e. The van der Waals surface area contributed by atoms with Gasteiger partial charge in [-0.05, 0) is 36.6 Å². The number of hydrogen-bond acceptors (Lipinski definition) is 3. The highest BCUT2D eigenvalue weighted by Gasteiger charge is 2.25. The van der Waals surface area contributed by atoms with Gasteiger partial charge in [0.05, 0.1) is 5.02 Å². The van der Waals surface area contributed by atoms with Gasteiger partial charge in [-0.3, -0.25) is 4.99 Å². The van der Waals surface area contributed by atoms with Crippen molar-refractivity contribution in [2.24, 2.45) is 4.99 Å². The van der Waals surface area contributed by atoms with Crippen LogP contribution in [0.15, 0.2) is 47.6 Å². The van der Waals surface area contributed by atoms with Gasteiger partial charge in [-0.25, -0.2) is 9.37 Å². The van der Waals surface area contributed by atoms with Crippen molar-refractivity contribution >= 4 is 23.4 Å². The molecule has 5 nitrogen and oxygen atoms in total. The first-order valence-corrected chi connectivity index (χ1v) is 9.11. The van der Waals surface area contributed by atoms with E-state index >= 15 is 0 Å². The number of halogens is 2. The van der Waals surface area contributed by atoms with Crippen molar-refractivity contribution < 1.29 is 4.39 Å². The first-order chi connectivity index (χ1) is 12.7. The van der Waals surface area contributed by atoms with E-state index in [4.69, 9.17) is 11.6 Å². The average molecular weight is 376 g/mol. The maximum atomic E-state index is 13.7. The molecule has 1 aromatic carbocycles. The lowest BCUT2D eigenvalue weighted by atomic mass is 10.1. The molecule has 7 heteroatoms. The molecule has 2 heterocycles. The van der Waals surface area contributed by atoms with Crippen LogP contribution in [0, 0.1) is 5.82 Å². The summed E-state index contributed by atoms with van der Waals surface area (Å²) >= 11 is 6.23. The molecule has 0 bridgehead atoms. The highest BCUT2D eigenvalue weighted by Crippen LogP contribution is 2.25. The summed E-state index contributed by atoms with van der Waals surface area (Å²) in [5.74, 6) is 1.37. The van der Waals surface area contributed by atoms with Crippen molar-refractivity contribution in [2.75, 3.05) is 31.6 Å². The Bertz CT molecular complexity index is 767.